The van der Waals surface area contributed by atoms with Crippen LogP contribution in [0.15, 0.2) is 18.5 Å². The van der Waals surface area contributed by atoms with Gasteiger partial charge in [0.05, 0.1) is 6.26 Å². The van der Waals surface area contributed by atoms with E-state index in [0.29, 0.717) is 11.7 Å². The maximum Gasteiger partial charge on any atom is 0.130 e. The van der Waals surface area contributed by atoms with Crippen molar-refractivity contribution in [2.24, 2.45) is 0 Å². The van der Waals surface area contributed by atoms with E-state index >= 15 is 0 Å². The standard InChI is InChI=1S/C10H15NOS/c1-8(2)10-6-11-5-4-9(10)7-13(3)12/h4-6,8H,7H2,1-3H3. The highest BCUT2D eigenvalue weighted by Gasteiger charge is 2.09. The van der Waals surface area contributed by atoms with Crippen LogP contribution in [0.5, 0.6) is 0 Å². The molecule has 1 heterocycles. The van der Waals surface area contributed by atoms with Gasteiger partial charge in [-0.05, 0) is 17.5 Å². The number of rotatable bonds is 3. The minimum Gasteiger partial charge on any atom is -0.616 e. The van der Waals surface area contributed by atoms with Gasteiger partial charge in [-0.2, -0.15) is 0 Å². The summed E-state index contributed by atoms with van der Waals surface area (Å²) in [5, 5.41) is 0. The van der Waals surface area contributed by atoms with Gasteiger partial charge in [0, 0.05) is 18.0 Å². The van der Waals surface area contributed by atoms with Gasteiger partial charge in [0.25, 0.3) is 0 Å². The summed E-state index contributed by atoms with van der Waals surface area (Å²) in [6.07, 6.45) is 5.35. The third-order valence-corrected chi connectivity index (χ3v) is 2.64. The van der Waals surface area contributed by atoms with E-state index in [1.54, 1.807) is 12.5 Å². The third-order valence-electron chi connectivity index (χ3n) is 1.93. The van der Waals surface area contributed by atoms with Crippen molar-refractivity contribution in [3.05, 3.63) is 29.6 Å². The van der Waals surface area contributed by atoms with E-state index < -0.39 is 11.2 Å². The molecule has 1 aromatic rings. The Morgan fingerprint density at radius 1 is 1.54 bits per heavy atom. The molecule has 0 N–H and O–H groups in total. The molecule has 72 valence electrons. The quantitative estimate of drug-likeness (QED) is 0.695. The molecule has 0 radical (unpaired) electrons. The smallest absolute Gasteiger partial charge is 0.130 e. The molecule has 0 bridgehead atoms. The van der Waals surface area contributed by atoms with Gasteiger partial charge in [-0.1, -0.05) is 25.0 Å². The highest BCUT2D eigenvalue weighted by atomic mass is 32.2. The van der Waals surface area contributed by atoms with E-state index in [4.69, 9.17) is 0 Å². The van der Waals surface area contributed by atoms with E-state index in [2.05, 4.69) is 18.8 Å². The molecule has 0 saturated heterocycles. The van der Waals surface area contributed by atoms with Crippen molar-refractivity contribution < 1.29 is 4.55 Å². The summed E-state index contributed by atoms with van der Waals surface area (Å²) in [7, 11) is 0. The summed E-state index contributed by atoms with van der Waals surface area (Å²) in [4.78, 5) is 4.07. The average Bonchev–Trinajstić information content (AvgIpc) is 2.03. The zero-order valence-corrected chi connectivity index (χ0v) is 9.10. The minimum atomic E-state index is -0.771. The van der Waals surface area contributed by atoms with Gasteiger partial charge in [0.15, 0.2) is 0 Å². The van der Waals surface area contributed by atoms with Crippen molar-refractivity contribution in [3.8, 4) is 0 Å². The fourth-order valence-electron chi connectivity index (χ4n) is 1.31. The van der Waals surface area contributed by atoms with Gasteiger partial charge < -0.3 is 4.55 Å². The highest BCUT2D eigenvalue weighted by molar-refractivity contribution is 7.89. The normalized spacial score (nSPS) is 13.3. The lowest BCUT2D eigenvalue weighted by Crippen LogP contribution is -2.05. The summed E-state index contributed by atoms with van der Waals surface area (Å²) < 4.78 is 11.1. The highest BCUT2D eigenvalue weighted by Crippen LogP contribution is 2.19. The number of hydrogen-bond donors (Lipinski definition) is 0. The first-order chi connectivity index (χ1) is 6.11. The molecule has 0 fully saturated rings. The molecule has 1 atom stereocenters. The molecule has 0 aliphatic rings. The molecule has 2 nitrogen and oxygen atoms in total. The average molecular weight is 197 g/mol. The van der Waals surface area contributed by atoms with Crippen molar-refractivity contribution in [3.63, 3.8) is 0 Å². The van der Waals surface area contributed by atoms with Crippen LogP contribution in [0.1, 0.15) is 30.9 Å². The van der Waals surface area contributed by atoms with Crippen molar-refractivity contribution in [2.75, 3.05) is 6.26 Å². The Morgan fingerprint density at radius 2 is 2.23 bits per heavy atom. The van der Waals surface area contributed by atoms with Gasteiger partial charge in [0.1, 0.15) is 5.75 Å². The van der Waals surface area contributed by atoms with Crippen molar-refractivity contribution in [2.45, 2.75) is 25.5 Å². The van der Waals surface area contributed by atoms with E-state index in [1.807, 2.05) is 12.3 Å². The van der Waals surface area contributed by atoms with E-state index in [1.165, 1.54) is 5.56 Å². The summed E-state index contributed by atoms with van der Waals surface area (Å²) in [6, 6.07) is 1.96. The Morgan fingerprint density at radius 3 is 2.77 bits per heavy atom. The monoisotopic (exact) mass is 197 g/mol. The van der Waals surface area contributed by atoms with Crippen LogP contribution < -0.4 is 0 Å². The molecule has 13 heavy (non-hydrogen) atoms. The van der Waals surface area contributed by atoms with Gasteiger partial charge in [-0.3, -0.25) is 4.98 Å². The largest absolute Gasteiger partial charge is 0.616 e. The Labute approximate surface area is 82.6 Å². The molecule has 1 aromatic heterocycles. The van der Waals surface area contributed by atoms with Crippen LogP contribution in [-0.2, 0) is 16.9 Å². The van der Waals surface area contributed by atoms with E-state index in [0.717, 1.165) is 5.56 Å². The van der Waals surface area contributed by atoms with Crippen LogP contribution in [0.2, 0.25) is 0 Å². The first-order valence-corrected chi connectivity index (χ1v) is 6.06. The Hall–Kier alpha value is -0.540. The molecule has 0 saturated carbocycles. The van der Waals surface area contributed by atoms with Gasteiger partial charge >= 0.3 is 0 Å². The summed E-state index contributed by atoms with van der Waals surface area (Å²) in [6.45, 7) is 4.25. The zero-order valence-electron chi connectivity index (χ0n) is 8.28. The molecule has 0 amide bonds. The SMILES string of the molecule is CC(C)c1cnccc1C[S+](C)[O-]. The second-order valence-electron chi connectivity index (χ2n) is 3.45. The zero-order chi connectivity index (χ0) is 9.84. The lowest BCUT2D eigenvalue weighted by Gasteiger charge is -2.12. The maximum absolute atomic E-state index is 11.1. The molecule has 0 aliphatic heterocycles. The first kappa shape index (κ1) is 10.5. The predicted molar refractivity (Wildman–Crippen MR) is 56.1 cm³/mol. The van der Waals surface area contributed by atoms with Crippen LogP contribution in [-0.4, -0.2) is 15.8 Å². The third kappa shape index (κ3) is 3.01. The molecule has 0 spiro atoms. The molecular formula is C10H15NOS. The number of pyridine rings is 1. The van der Waals surface area contributed by atoms with Crippen molar-refractivity contribution in [1.29, 1.82) is 0 Å². The van der Waals surface area contributed by atoms with Crippen LogP contribution >= 0.6 is 0 Å². The topological polar surface area (TPSA) is 36.0 Å². The lowest BCUT2D eigenvalue weighted by molar-refractivity contribution is 0.599. The minimum absolute atomic E-state index is 0.451. The number of aromatic nitrogens is 1. The van der Waals surface area contributed by atoms with Crippen LogP contribution in [0, 0.1) is 0 Å². The molecule has 0 aliphatic carbocycles. The summed E-state index contributed by atoms with van der Waals surface area (Å²) in [5.74, 6) is 1.09. The van der Waals surface area contributed by atoms with Gasteiger partial charge in [-0.15, -0.1) is 0 Å². The molecule has 1 unspecified atom stereocenters. The second kappa shape index (κ2) is 4.63. The Bertz CT molecular complexity index is 273. The van der Waals surface area contributed by atoms with Crippen LogP contribution in [0.3, 0.4) is 0 Å². The van der Waals surface area contributed by atoms with Crippen molar-refractivity contribution >= 4 is 11.2 Å². The van der Waals surface area contributed by atoms with E-state index in [-0.39, 0.29) is 0 Å². The first-order valence-electron chi connectivity index (χ1n) is 4.34. The second-order valence-corrected chi connectivity index (χ2v) is 4.88. The molecule has 1 rings (SSSR count). The number of hydrogen-bond acceptors (Lipinski definition) is 2. The van der Waals surface area contributed by atoms with Gasteiger partial charge in [0.2, 0.25) is 0 Å². The Kier molecular flexibility index (Phi) is 3.75. The maximum atomic E-state index is 11.1. The fourth-order valence-corrected chi connectivity index (χ4v) is 2.01. The lowest BCUT2D eigenvalue weighted by atomic mass is 10.0. The fraction of sp³-hybridized carbons (Fsp3) is 0.500. The van der Waals surface area contributed by atoms with E-state index in [9.17, 15) is 4.55 Å². The Balaban J connectivity index is 2.91. The molecule has 0 aromatic carbocycles. The van der Waals surface area contributed by atoms with Crippen LogP contribution in [0.25, 0.3) is 0 Å². The summed E-state index contributed by atoms with van der Waals surface area (Å²) in [5.41, 5.74) is 2.36. The van der Waals surface area contributed by atoms with Gasteiger partial charge in [-0.25, -0.2) is 0 Å². The summed E-state index contributed by atoms with van der Waals surface area (Å²) >= 11 is -0.771. The van der Waals surface area contributed by atoms with Crippen molar-refractivity contribution in [1.82, 2.24) is 4.98 Å². The molecule has 3 heteroatoms. The predicted octanol–water partition coefficient (Wildman–Crippen LogP) is 2.08. The molecular weight excluding hydrogens is 182 g/mol. The number of nitrogens with zero attached hydrogens (tertiary/aromatic N) is 1. The van der Waals surface area contributed by atoms with Crippen LogP contribution in [0.4, 0.5) is 0 Å².